The predicted octanol–water partition coefficient (Wildman–Crippen LogP) is 2.52. The molecule has 1 rings (SSSR count). The zero-order valence-corrected chi connectivity index (χ0v) is 10.9. The van der Waals surface area contributed by atoms with Gasteiger partial charge in [0.15, 0.2) is 0 Å². The maximum atomic E-state index is 12.8. The number of carbonyl (C=O) groups is 1. The van der Waals surface area contributed by atoms with Crippen molar-refractivity contribution < 1.29 is 9.18 Å². The van der Waals surface area contributed by atoms with Gasteiger partial charge in [-0.2, -0.15) is 0 Å². The van der Waals surface area contributed by atoms with E-state index in [1.807, 2.05) is 13.8 Å². The van der Waals surface area contributed by atoms with Gasteiger partial charge in [0.05, 0.1) is 6.04 Å². The molecule has 0 spiro atoms. The third-order valence-electron chi connectivity index (χ3n) is 2.85. The minimum absolute atomic E-state index is 0.0622. The van der Waals surface area contributed by atoms with Gasteiger partial charge in [0.1, 0.15) is 5.82 Å². The van der Waals surface area contributed by atoms with E-state index in [2.05, 4.69) is 5.32 Å². The van der Waals surface area contributed by atoms with Crippen LogP contribution in [0.5, 0.6) is 0 Å². The second-order valence-electron chi connectivity index (χ2n) is 4.59. The van der Waals surface area contributed by atoms with E-state index >= 15 is 0 Å². The van der Waals surface area contributed by atoms with Gasteiger partial charge in [-0.15, -0.1) is 0 Å². The summed E-state index contributed by atoms with van der Waals surface area (Å²) in [5.41, 5.74) is 6.69. The number of amides is 1. The summed E-state index contributed by atoms with van der Waals surface area (Å²) in [5, 5.41) is 2.86. The number of benzene rings is 1. The minimum Gasteiger partial charge on any atom is -0.350 e. The first kappa shape index (κ1) is 14.6. The molecule has 0 fully saturated rings. The fraction of sp³-hybridized carbons (Fsp3) is 0.500. The number of rotatable bonds is 6. The average molecular weight is 252 g/mol. The van der Waals surface area contributed by atoms with Crippen molar-refractivity contribution in [2.75, 3.05) is 0 Å². The van der Waals surface area contributed by atoms with Crippen LogP contribution in [0.2, 0.25) is 0 Å². The Morgan fingerprint density at radius 3 is 2.56 bits per heavy atom. The van der Waals surface area contributed by atoms with Gasteiger partial charge >= 0.3 is 0 Å². The normalized spacial score (nSPS) is 14.0. The lowest BCUT2D eigenvalue weighted by Gasteiger charge is -2.16. The number of halogens is 1. The van der Waals surface area contributed by atoms with Crippen LogP contribution in [0, 0.1) is 5.82 Å². The molecule has 4 heteroatoms. The minimum atomic E-state index is -0.276. The highest BCUT2D eigenvalue weighted by Gasteiger charge is 2.12. The standard InChI is InChI=1S/C14H21FN2O/c1-3-4-13(16)9-14(18)17-10(2)11-5-7-12(15)8-6-11/h5-8,10,13H,3-4,9,16H2,1-2H3,(H,17,18)/t10-,13?/m0/s1. The fourth-order valence-electron chi connectivity index (χ4n) is 1.85. The number of hydrogen-bond acceptors (Lipinski definition) is 2. The molecular weight excluding hydrogens is 231 g/mol. The third kappa shape index (κ3) is 4.84. The summed E-state index contributed by atoms with van der Waals surface area (Å²) in [4.78, 5) is 11.7. The Labute approximate surface area is 108 Å². The molecule has 100 valence electrons. The molecule has 0 aliphatic heterocycles. The Kier molecular flexibility index (Phi) is 5.78. The highest BCUT2D eigenvalue weighted by atomic mass is 19.1. The molecule has 0 saturated heterocycles. The lowest BCUT2D eigenvalue weighted by atomic mass is 10.1. The molecule has 0 saturated carbocycles. The van der Waals surface area contributed by atoms with Crippen LogP contribution in [0.25, 0.3) is 0 Å². The molecule has 1 unspecified atom stereocenters. The van der Waals surface area contributed by atoms with Crippen molar-refractivity contribution in [2.45, 2.75) is 45.2 Å². The van der Waals surface area contributed by atoms with Crippen LogP contribution in [0.1, 0.15) is 44.7 Å². The zero-order valence-electron chi connectivity index (χ0n) is 10.9. The van der Waals surface area contributed by atoms with Gasteiger partial charge in [0.25, 0.3) is 0 Å². The number of nitrogens with two attached hydrogens (primary N) is 1. The van der Waals surface area contributed by atoms with Crippen molar-refractivity contribution in [3.63, 3.8) is 0 Å². The van der Waals surface area contributed by atoms with Gasteiger partial charge in [0, 0.05) is 12.5 Å². The summed E-state index contributed by atoms with van der Waals surface area (Å²) in [6.07, 6.45) is 2.15. The summed E-state index contributed by atoms with van der Waals surface area (Å²) >= 11 is 0. The van der Waals surface area contributed by atoms with Gasteiger partial charge in [-0.05, 0) is 31.0 Å². The predicted molar refractivity (Wildman–Crippen MR) is 70.5 cm³/mol. The molecule has 3 N–H and O–H groups in total. The second-order valence-corrected chi connectivity index (χ2v) is 4.59. The molecule has 2 atom stereocenters. The Morgan fingerprint density at radius 1 is 1.39 bits per heavy atom. The van der Waals surface area contributed by atoms with Crippen LogP contribution in [-0.4, -0.2) is 11.9 Å². The lowest BCUT2D eigenvalue weighted by molar-refractivity contribution is -0.122. The summed E-state index contributed by atoms with van der Waals surface area (Å²) in [5.74, 6) is -0.338. The molecule has 0 heterocycles. The molecule has 0 aliphatic rings. The van der Waals surface area contributed by atoms with Crippen molar-refractivity contribution in [1.29, 1.82) is 0 Å². The molecule has 0 radical (unpaired) electrons. The van der Waals surface area contributed by atoms with E-state index in [9.17, 15) is 9.18 Å². The molecule has 1 amide bonds. The summed E-state index contributed by atoms with van der Waals surface area (Å²) in [7, 11) is 0. The van der Waals surface area contributed by atoms with E-state index in [-0.39, 0.29) is 23.8 Å². The molecule has 0 aliphatic carbocycles. The first-order valence-electron chi connectivity index (χ1n) is 6.33. The molecule has 1 aromatic carbocycles. The van der Waals surface area contributed by atoms with Crippen molar-refractivity contribution >= 4 is 5.91 Å². The Hall–Kier alpha value is -1.42. The van der Waals surface area contributed by atoms with E-state index in [1.54, 1.807) is 12.1 Å². The van der Waals surface area contributed by atoms with E-state index in [0.717, 1.165) is 18.4 Å². The number of nitrogens with one attached hydrogen (secondary N) is 1. The van der Waals surface area contributed by atoms with Crippen LogP contribution in [-0.2, 0) is 4.79 Å². The van der Waals surface area contributed by atoms with E-state index in [0.29, 0.717) is 6.42 Å². The van der Waals surface area contributed by atoms with Gasteiger partial charge in [-0.3, -0.25) is 4.79 Å². The Bertz CT molecular complexity index is 378. The molecular formula is C14H21FN2O. The van der Waals surface area contributed by atoms with Crippen LogP contribution in [0.15, 0.2) is 24.3 Å². The van der Waals surface area contributed by atoms with Crippen LogP contribution < -0.4 is 11.1 Å². The van der Waals surface area contributed by atoms with Crippen molar-refractivity contribution in [3.8, 4) is 0 Å². The molecule has 0 aromatic heterocycles. The van der Waals surface area contributed by atoms with Crippen LogP contribution in [0.3, 0.4) is 0 Å². The highest BCUT2D eigenvalue weighted by Crippen LogP contribution is 2.13. The maximum Gasteiger partial charge on any atom is 0.222 e. The van der Waals surface area contributed by atoms with E-state index < -0.39 is 0 Å². The first-order chi connectivity index (χ1) is 8.52. The molecule has 1 aromatic rings. The van der Waals surface area contributed by atoms with Crippen LogP contribution >= 0.6 is 0 Å². The lowest BCUT2D eigenvalue weighted by Crippen LogP contribution is -2.33. The van der Waals surface area contributed by atoms with E-state index in [1.165, 1.54) is 12.1 Å². The molecule has 3 nitrogen and oxygen atoms in total. The smallest absolute Gasteiger partial charge is 0.222 e. The van der Waals surface area contributed by atoms with Crippen molar-refractivity contribution in [1.82, 2.24) is 5.32 Å². The number of carbonyl (C=O) groups excluding carboxylic acids is 1. The Morgan fingerprint density at radius 2 is 2.00 bits per heavy atom. The molecule has 18 heavy (non-hydrogen) atoms. The van der Waals surface area contributed by atoms with Crippen LogP contribution in [0.4, 0.5) is 4.39 Å². The molecule has 0 bridgehead atoms. The maximum absolute atomic E-state index is 12.8. The summed E-state index contributed by atoms with van der Waals surface area (Å²) in [6.45, 7) is 3.91. The number of hydrogen-bond donors (Lipinski definition) is 2. The van der Waals surface area contributed by atoms with Gasteiger partial charge < -0.3 is 11.1 Å². The van der Waals surface area contributed by atoms with Gasteiger partial charge in [0.2, 0.25) is 5.91 Å². The van der Waals surface area contributed by atoms with E-state index in [4.69, 9.17) is 5.73 Å². The topological polar surface area (TPSA) is 55.1 Å². The van der Waals surface area contributed by atoms with Gasteiger partial charge in [-0.1, -0.05) is 25.5 Å². The van der Waals surface area contributed by atoms with Crippen molar-refractivity contribution in [3.05, 3.63) is 35.6 Å². The first-order valence-corrected chi connectivity index (χ1v) is 6.33. The van der Waals surface area contributed by atoms with Crippen molar-refractivity contribution in [2.24, 2.45) is 5.73 Å². The Balaban J connectivity index is 2.46. The van der Waals surface area contributed by atoms with Gasteiger partial charge in [-0.25, -0.2) is 4.39 Å². The average Bonchev–Trinajstić information content (AvgIpc) is 2.29. The summed E-state index contributed by atoms with van der Waals surface area (Å²) < 4.78 is 12.8. The SMILES string of the molecule is CCCC(N)CC(=O)N[C@@H](C)c1ccc(F)cc1. The highest BCUT2D eigenvalue weighted by molar-refractivity contribution is 5.77. The second kappa shape index (κ2) is 7.11. The fourth-order valence-corrected chi connectivity index (χ4v) is 1.85. The zero-order chi connectivity index (χ0) is 13.5. The summed E-state index contributed by atoms with van der Waals surface area (Å²) in [6, 6.07) is 5.91. The third-order valence-corrected chi connectivity index (χ3v) is 2.85. The quantitative estimate of drug-likeness (QED) is 0.817. The monoisotopic (exact) mass is 252 g/mol. The largest absolute Gasteiger partial charge is 0.350 e.